The molecule has 2 saturated heterocycles. The molecule has 2 fully saturated rings. The highest BCUT2D eigenvalue weighted by Gasteiger charge is 2.35. The number of rotatable bonds is 2. The van der Waals surface area contributed by atoms with Gasteiger partial charge >= 0.3 is 12.1 Å². The summed E-state index contributed by atoms with van der Waals surface area (Å²) in [5, 5.41) is 5.74. The molecule has 1 aromatic carbocycles. The predicted molar refractivity (Wildman–Crippen MR) is 81.6 cm³/mol. The van der Waals surface area contributed by atoms with Gasteiger partial charge in [0.05, 0.1) is 0 Å². The van der Waals surface area contributed by atoms with Crippen LogP contribution in [0, 0.1) is 6.92 Å². The van der Waals surface area contributed by atoms with Gasteiger partial charge in [-0.15, -0.1) is 0 Å². The minimum Gasteiger partial charge on any atom is -0.318 e. The molecule has 2 heterocycles. The fourth-order valence-electron chi connectivity index (χ4n) is 2.26. The molecule has 2 atom stereocenters. The Hall–Kier alpha value is -2.24. The van der Waals surface area contributed by atoms with Crippen LogP contribution in [-0.2, 0) is 0 Å². The van der Waals surface area contributed by atoms with Gasteiger partial charge in [0.2, 0.25) is 0 Å². The lowest BCUT2D eigenvalue weighted by Crippen LogP contribution is -2.22. The second-order valence-electron chi connectivity index (χ2n) is 5.89. The van der Waals surface area contributed by atoms with Crippen LogP contribution in [0.4, 0.5) is 21.0 Å². The van der Waals surface area contributed by atoms with E-state index >= 15 is 0 Å². The predicted octanol–water partition coefficient (Wildman–Crippen LogP) is 2.47. The van der Waals surface area contributed by atoms with Gasteiger partial charge in [0.15, 0.2) is 0 Å². The van der Waals surface area contributed by atoms with Crippen molar-refractivity contribution in [1.82, 2.24) is 9.80 Å². The molecule has 2 aliphatic rings. The number of carbonyl (C=O) groups excluding carboxylic acids is 2. The molecule has 6 nitrogen and oxygen atoms in total. The Morgan fingerprint density at radius 2 is 1.57 bits per heavy atom. The van der Waals surface area contributed by atoms with Crippen molar-refractivity contribution in [3.63, 3.8) is 0 Å². The SMILES string of the molecule is Cc1ccc(NC(=O)N2CC2C)cc1NC(=O)N1CC1C. The number of urea groups is 2. The first kappa shape index (κ1) is 13.7. The number of nitrogens with zero attached hydrogens (tertiary/aromatic N) is 2. The molecule has 0 aromatic heterocycles. The van der Waals surface area contributed by atoms with E-state index in [-0.39, 0.29) is 12.1 Å². The highest BCUT2D eigenvalue weighted by molar-refractivity contribution is 5.95. The second-order valence-corrected chi connectivity index (χ2v) is 5.89. The summed E-state index contributed by atoms with van der Waals surface area (Å²) in [6.45, 7) is 7.54. The van der Waals surface area contributed by atoms with E-state index in [4.69, 9.17) is 0 Å². The molecule has 1 aromatic rings. The highest BCUT2D eigenvalue weighted by atomic mass is 16.2. The van der Waals surface area contributed by atoms with Gasteiger partial charge in [0.25, 0.3) is 0 Å². The van der Waals surface area contributed by atoms with Gasteiger partial charge in [-0.2, -0.15) is 0 Å². The van der Waals surface area contributed by atoms with Gasteiger partial charge in [-0.05, 0) is 38.5 Å². The lowest BCUT2D eigenvalue weighted by atomic mass is 10.2. The van der Waals surface area contributed by atoms with Crippen LogP contribution >= 0.6 is 0 Å². The first-order chi connectivity index (χ1) is 9.95. The Labute approximate surface area is 124 Å². The third-order valence-electron chi connectivity index (χ3n) is 3.97. The van der Waals surface area contributed by atoms with Crippen molar-refractivity contribution in [3.8, 4) is 0 Å². The minimum atomic E-state index is -0.0943. The average molecular weight is 288 g/mol. The van der Waals surface area contributed by atoms with E-state index in [1.165, 1.54) is 0 Å². The Bertz CT molecular complexity index is 601. The zero-order valence-corrected chi connectivity index (χ0v) is 12.5. The summed E-state index contributed by atoms with van der Waals surface area (Å²) in [6.07, 6.45) is 0. The van der Waals surface area contributed by atoms with Gasteiger partial charge in [0.1, 0.15) is 0 Å². The van der Waals surface area contributed by atoms with Gasteiger partial charge in [-0.3, -0.25) is 0 Å². The topological polar surface area (TPSA) is 64.2 Å². The molecule has 21 heavy (non-hydrogen) atoms. The first-order valence-electron chi connectivity index (χ1n) is 7.21. The van der Waals surface area contributed by atoms with E-state index in [0.29, 0.717) is 17.8 Å². The average Bonchev–Trinajstić information content (AvgIpc) is 3.32. The Morgan fingerprint density at radius 1 is 1.05 bits per heavy atom. The molecule has 6 heteroatoms. The van der Waals surface area contributed by atoms with Crippen LogP contribution in [0.3, 0.4) is 0 Å². The molecule has 0 spiro atoms. The maximum atomic E-state index is 12.0. The zero-order chi connectivity index (χ0) is 15.1. The molecular weight excluding hydrogens is 268 g/mol. The number of anilines is 2. The van der Waals surface area contributed by atoms with Gasteiger partial charge in [-0.1, -0.05) is 6.07 Å². The number of hydrogen-bond acceptors (Lipinski definition) is 2. The Morgan fingerprint density at radius 3 is 2.10 bits per heavy atom. The third kappa shape index (κ3) is 2.94. The van der Waals surface area contributed by atoms with Crippen molar-refractivity contribution < 1.29 is 9.59 Å². The zero-order valence-electron chi connectivity index (χ0n) is 12.5. The minimum absolute atomic E-state index is 0.0892. The summed E-state index contributed by atoms with van der Waals surface area (Å²) in [7, 11) is 0. The Kier molecular flexibility index (Phi) is 3.23. The second kappa shape index (κ2) is 4.95. The van der Waals surface area contributed by atoms with Crippen LogP contribution in [0.25, 0.3) is 0 Å². The maximum Gasteiger partial charge on any atom is 0.322 e. The molecular formula is C15H20N4O2. The van der Waals surface area contributed by atoms with Gasteiger partial charge < -0.3 is 20.4 Å². The van der Waals surface area contributed by atoms with Crippen LogP contribution < -0.4 is 10.6 Å². The van der Waals surface area contributed by atoms with Gasteiger partial charge in [0, 0.05) is 36.5 Å². The fourth-order valence-corrected chi connectivity index (χ4v) is 2.26. The van der Waals surface area contributed by atoms with E-state index in [1.54, 1.807) is 15.9 Å². The van der Waals surface area contributed by atoms with Crippen LogP contribution in [0.15, 0.2) is 18.2 Å². The summed E-state index contributed by atoms with van der Waals surface area (Å²) < 4.78 is 0. The van der Waals surface area contributed by atoms with E-state index in [2.05, 4.69) is 10.6 Å². The van der Waals surface area contributed by atoms with Crippen molar-refractivity contribution in [2.45, 2.75) is 32.9 Å². The molecule has 112 valence electrons. The number of benzene rings is 1. The lowest BCUT2D eigenvalue weighted by Gasteiger charge is -2.12. The molecule has 0 saturated carbocycles. The van der Waals surface area contributed by atoms with Crippen molar-refractivity contribution in [1.29, 1.82) is 0 Å². The number of nitrogens with one attached hydrogen (secondary N) is 2. The summed E-state index contributed by atoms with van der Waals surface area (Å²) in [5.74, 6) is 0. The molecule has 2 unspecified atom stereocenters. The largest absolute Gasteiger partial charge is 0.322 e. The molecule has 0 bridgehead atoms. The summed E-state index contributed by atoms with van der Waals surface area (Å²) in [5.41, 5.74) is 2.39. The Balaban J connectivity index is 1.67. The van der Waals surface area contributed by atoms with Crippen LogP contribution in [0.2, 0.25) is 0 Å². The third-order valence-corrected chi connectivity index (χ3v) is 3.97. The van der Waals surface area contributed by atoms with Crippen LogP contribution in [-0.4, -0.2) is 47.0 Å². The fraction of sp³-hybridized carbons (Fsp3) is 0.467. The molecule has 2 aliphatic heterocycles. The van der Waals surface area contributed by atoms with E-state index in [0.717, 1.165) is 24.3 Å². The smallest absolute Gasteiger partial charge is 0.318 e. The maximum absolute atomic E-state index is 12.0. The van der Waals surface area contributed by atoms with E-state index in [1.807, 2.05) is 32.9 Å². The summed E-state index contributed by atoms with van der Waals surface area (Å²) in [4.78, 5) is 27.3. The molecule has 2 N–H and O–H groups in total. The number of aryl methyl sites for hydroxylation is 1. The quantitative estimate of drug-likeness (QED) is 0.821. The van der Waals surface area contributed by atoms with E-state index < -0.39 is 0 Å². The number of carbonyl (C=O) groups is 2. The van der Waals surface area contributed by atoms with Crippen molar-refractivity contribution in [2.24, 2.45) is 0 Å². The molecule has 3 rings (SSSR count). The normalized spacial score (nSPS) is 22.8. The number of amides is 4. The lowest BCUT2D eigenvalue weighted by molar-refractivity contribution is 0.239. The molecule has 0 aliphatic carbocycles. The van der Waals surface area contributed by atoms with Crippen LogP contribution in [0.5, 0.6) is 0 Å². The highest BCUT2D eigenvalue weighted by Crippen LogP contribution is 2.25. The van der Waals surface area contributed by atoms with E-state index in [9.17, 15) is 9.59 Å². The molecule has 4 amide bonds. The monoisotopic (exact) mass is 288 g/mol. The number of hydrogen-bond donors (Lipinski definition) is 2. The molecule has 0 radical (unpaired) electrons. The van der Waals surface area contributed by atoms with Crippen molar-refractivity contribution in [3.05, 3.63) is 23.8 Å². The summed E-state index contributed by atoms with van der Waals surface area (Å²) >= 11 is 0. The standard InChI is InChI=1S/C15H20N4O2/c1-9-4-5-12(16-14(20)18-7-10(18)2)6-13(9)17-15(21)19-8-11(19)3/h4-6,10-11H,7-8H2,1-3H3,(H,16,20)(H,17,21). The van der Waals surface area contributed by atoms with Gasteiger partial charge in [-0.25, -0.2) is 9.59 Å². The van der Waals surface area contributed by atoms with Crippen molar-refractivity contribution in [2.75, 3.05) is 23.7 Å². The van der Waals surface area contributed by atoms with Crippen LogP contribution in [0.1, 0.15) is 19.4 Å². The van der Waals surface area contributed by atoms with Crippen molar-refractivity contribution >= 4 is 23.4 Å². The summed E-state index contributed by atoms with van der Waals surface area (Å²) in [6, 6.07) is 5.99. The first-order valence-corrected chi connectivity index (χ1v) is 7.21.